The van der Waals surface area contributed by atoms with E-state index in [1.165, 1.54) is 37.4 Å². The van der Waals surface area contributed by atoms with Crippen molar-refractivity contribution in [2.24, 2.45) is 0 Å². The van der Waals surface area contributed by atoms with Gasteiger partial charge in [0.1, 0.15) is 35.5 Å². The number of methoxy groups -OCH3 is 1. The first-order valence-electron chi connectivity index (χ1n) is 12.3. The molecule has 2 aromatic rings. The van der Waals surface area contributed by atoms with Crippen LogP contribution in [0.2, 0.25) is 0 Å². The number of ketones is 1. The number of ether oxygens (including phenoxy) is 3. The highest BCUT2D eigenvalue weighted by molar-refractivity contribution is 6.10. The van der Waals surface area contributed by atoms with Crippen LogP contribution in [-0.4, -0.2) is 75.5 Å². The number of allylic oxidation sites excluding steroid dienone is 3. The SMILES string of the molecule is COc1c(O[C@@H]2OC[C@@H](O)C(O)C2O)ccc2c1CC(=O)C(NC(=O)c1ccc(O)c(CC=C(C)C)c1)=C2O. The maximum absolute atomic E-state index is 13.0. The highest BCUT2D eigenvalue weighted by atomic mass is 16.7. The number of phenols is 1. The monoisotopic (exact) mass is 541 g/mol. The van der Waals surface area contributed by atoms with Crippen molar-refractivity contribution in [3.63, 3.8) is 0 Å². The molecule has 11 nitrogen and oxygen atoms in total. The Kier molecular flexibility index (Phi) is 8.26. The zero-order valence-electron chi connectivity index (χ0n) is 21.7. The summed E-state index contributed by atoms with van der Waals surface area (Å²) in [7, 11) is 1.33. The van der Waals surface area contributed by atoms with Crippen LogP contribution in [0, 0.1) is 0 Å². The quantitative estimate of drug-likeness (QED) is 0.282. The second-order valence-electron chi connectivity index (χ2n) is 9.60. The second-order valence-corrected chi connectivity index (χ2v) is 9.60. The molecule has 2 aliphatic rings. The lowest BCUT2D eigenvalue weighted by atomic mass is 9.91. The summed E-state index contributed by atoms with van der Waals surface area (Å²) >= 11 is 0. The molecular formula is C28H31NO10. The van der Waals surface area contributed by atoms with Gasteiger partial charge in [0.15, 0.2) is 17.3 Å². The summed E-state index contributed by atoms with van der Waals surface area (Å²) in [4.78, 5) is 26.0. The van der Waals surface area contributed by atoms with E-state index in [-0.39, 0.29) is 52.7 Å². The molecule has 0 radical (unpaired) electrons. The Morgan fingerprint density at radius 3 is 2.56 bits per heavy atom. The number of fused-ring (bicyclic) bond motifs is 1. The Labute approximate surface area is 224 Å². The van der Waals surface area contributed by atoms with E-state index in [1.807, 2.05) is 19.9 Å². The van der Waals surface area contributed by atoms with Crippen LogP contribution in [0.5, 0.6) is 17.2 Å². The van der Waals surface area contributed by atoms with Gasteiger partial charge in [-0.2, -0.15) is 0 Å². The summed E-state index contributed by atoms with van der Waals surface area (Å²) in [6.07, 6.45) is -3.54. The minimum absolute atomic E-state index is 0.0377. The fraction of sp³-hybridized carbons (Fsp3) is 0.357. The van der Waals surface area contributed by atoms with Gasteiger partial charge in [-0.3, -0.25) is 9.59 Å². The number of hydrogen-bond acceptors (Lipinski definition) is 10. The van der Waals surface area contributed by atoms with Crippen LogP contribution < -0.4 is 14.8 Å². The standard InChI is InChI=1S/C28H31NO10/c1-13(2)4-5-14-10-15(6-8-18(14)30)27(36)29-22-19(31)11-17-16(23(22)33)7-9-21(26(17)37-3)39-28-25(35)24(34)20(32)12-38-28/h4,6-10,20,24-25,28,30,32-35H,5,11-12H2,1-3H3,(H,29,36)/t20-,24?,25?,28+/m1/s1. The van der Waals surface area contributed by atoms with Gasteiger partial charge in [0.2, 0.25) is 6.29 Å². The first-order chi connectivity index (χ1) is 18.5. The van der Waals surface area contributed by atoms with Crippen molar-refractivity contribution >= 4 is 17.4 Å². The summed E-state index contributed by atoms with van der Waals surface area (Å²) in [6, 6.07) is 7.22. The molecule has 2 aromatic carbocycles. The third-order valence-corrected chi connectivity index (χ3v) is 6.54. The van der Waals surface area contributed by atoms with Crippen molar-refractivity contribution in [1.82, 2.24) is 5.32 Å². The Bertz CT molecular complexity index is 1340. The van der Waals surface area contributed by atoms with Crippen LogP contribution in [0.4, 0.5) is 0 Å². The average molecular weight is 542 g/mol. The summed E-state index contributed by atoms with van der Waals surface area (Å²) in [6.45, 7) is 3.57. The molecule has 1 aliphatic heterocycles. The lowest BCUT2D eigenvalue weighted by molar-refractivity contribution is -0.242. The fourth-order valence-corrected chi connectivity index (χ4v) is 4.36. The molecule has 1 fully saturated rings. The van der Waals surface area contributed by atoms with Crippen LogP contribution >= 0.6 is 0 Å². The second kappa shape index (κ2) is 11.5. The van der Waals surface area contributed by atoms with Gasteiger partial charge >= 0.3 is 0 Å². The van der Waals surface area contributed by atoms with Crippen LogP contribution in [0.25, 0.3) is 5.76 Å². The Hall–Kier alpha value is -3.90. The molecule has 4 atom stereocenters. The van der Waals surface area contributed by atoms with E-state index in [4.69, 9.17) is 14.2 Å². The largest absolute Gasteiger partial charge is 0.508 e. The first kappa shape index (κ1) is 28.1. The predicted octanol–water partition coefficient (Wildman–Crippen LogP) is 1.51. The highest BCUT2D eigenvalue weighted by Crippen LogP contribution is 2.40. The Balaban J connectivity index is 1.60. The normalized spacial score (nSPS) is 22.7. The summed E-state index contributed by atoms with van der Waals surface area (Å²) in [5.41, 5.74) is 2.01. The van der Waals surface area contributed by atoms with E-state index in [0.717, 1.165) is 5.57 Å². The van der Waals surface area contributed by atoms with E-state index in [2.05, 4.69) is 5.32 Å². The number of amides is 1. The van der Waals surface area contributed by atoms with E-state index in [0.29, 0.717) is 12.0 Å². The maximum atomic E-state index is 13.0. The number of hydrogen-bond donors (Lipinski definition) is 6. The van der Waals surface area contributed by atoms with Gasteiger partial charge in [-0.05, 0) is 56.2 Å². The van der Waals surface area contributed by atoms with Gasteiger partial charge in [-0.1, -0.05) is 11.6 Å². The van der Waals surface area contributed by atoms with Gasteiger partial charge in [-0.15, -0.1) is 0 Å². The molecule has 208 valence electrons. The lowest BCUT2D eigenvalue weighted by Crippen LogP contribution is -2.54. The number of benzene rings is 2. The zero-order chi connectivity index (χ0) is 28.4. The number of carbonyl (C=O) groups excluding carboxylic acids is 2. The molecule has 1 aliphatic carbocycles. The molecule has 0 saturated carbocycles. The Morgan fingerprint density at radius 1 is 1.13 bits per heavy atom. The topological polar surface area (TPSA) is 175 Å². The van der Waals surface area contributed by atoms with Gasteiger partial charge in [0.05, 0.1) is 13.7 Å². The van der Waals surface area contributed by atoms with Crippen molar-refractivity contribution < 1.29 is 49.3 Å². The van der Waals surface area contributed by atoms with Crippen molar-refractivity contribution in [2.45, 2.75) is 51.3 Å². The molecule has 0 aromatic heterocycles. The van der Waals surface area contributed by atoms with Crippen LogP contribution in [0.15, 0.2) is 47.7 Å². The summed E-state index contributed by atoms with van der Waals surface area (Å²) in [5, 5.41) is 53.3. The first-order valence-corrected chi connectivity index (χ1v) is 12.3. The van der Waals surface area contributed by atoms with Gasteiger partial charge in [0.25, 0.3) is 5.91 Å². The van der Waals surface area contributed by atoms with E-state index < -0.39 is 42.1 Å². The summed E-state index contributed by atoms with van der Waals surface area (Å²) in [5.74, 6) is -1.48. The van der Waals surface area contributed by atoms with Crippen molar-refractivity contribution in [2.75, 3.05) is 13.7 Å². The van der Waals surface area contributed by atoms with Gasteiger partial charge in [-0.25, -0.2) is 0 Å². The number of rotatable bonds is 7. The molecule has 4 rings (SSSR count). The zero-order valence-corrected chi connectivity index (χ0v) is 21.7. The molecule has 1 amide bonds. The predicted molar refractivity (Wildman–Crippen MR) is 138 cm³/mol. The number of carbonyl (C=O) groups is 2. The molecular weight excluding hydrogens is 510 g/mol. The van der Waals surface area contributed by atoms with Gasteiger partial charge in [0, 0.05) is 23.1 Å². The van der Waals surface area contributed by atoms with Crippen LogP contribution in [-0.2, 0) is 22.4 Å². The van der Waals surface area contributed by atoms with E-state index in [9.17, 15) is 35.1 Å². The van der Waals surface area contributed by atoms with Crippen LogP contribution in [0.1, 0.15) is 40.9 Å². The lowest BCUT2D eigenvalue weighted by Gasteiger charge is -2.35. The summed E-state index contributed by atoms with van der Waals surface area (Å²) < 4.78 is 16.4. The van der Waals surface area contributed by atoms with Crippen molar-refractivity contribution in [3.8, 4) is 17.2 Å². The van der Waals surface area contributed by atoms with E-state index in [1.54, 1.807) is 0 Å². The van der Waals surface area contributed by atoms with Crippen molar-refractivity contribution in [1.29, 1.82) is 0 Å². The number of phenolic OH excluding ortho intramolecular Hbond substituents is 1. The molecule has 1 saturated heterocycles. The Morgan fingerprint density at radius 2 is 1.87 bits per heavy atom. The third-order valence-electron chi connectivity index (χ3n) is 6.54. The van der Waals surface area contributed by atoms with Crippen molar-refractivity contribution in [3.05, 3.63) is 69.9 Å². The van der Waals surface area contributed by atoms with Crippen LogP contribution in [0.3, 0.4) is 0 Å². The maximum Gasteiger partial charge on any atom is 0.255 e. The van der Waals surface area contributed by atoms with E-state index >= 15 is 0 Å². The molecule has 39 heavy (non-hydrogen) atoms. The minimum Gasteiger partial charge on any atom is -0.508 e. The number of Topliss-reactive ketones (excluding diaryl/α,β-unsaturated/α-hetero) is 1. The highest BCUT2D eigenvalue weighted by Gasteiger charge is 2.40. The molecule has 0 bridgehead atoms. The number of nitrogens with one attached hydrogen (secondary N) is 1. The molecule has 2 unspecified atom stereocenters. The molecule has 1 heterocycles. The average Bonchev–Trinajstić information content (AvgIpc) is 2.90. The molecule has 6 N–H and O–H groups in total. The third kappa shape index (κ3) is 5.76. The minimum atomic E-state index is -1.55. The molecule has 11 heteroatoms. The fourth-order valence-electron chi connectivity index (χ4n) is 4.36. The molecule has 0 spiro atoms. The number of aliphatic hydroxyl groups is 4. The smallest absolute Gasteiger partial charge is 0.255 e. The number of aromatic hydroxyl groups is 1. The number of aliphatic hydroxyl groups excluding tert-OH is 4. The van der Waals surface area contributed by atoms with Gasteiger partial charge < -0.3 is 45.1 Å².